The van der Waals surface area contributed by atoms with Gasteiger partial charge in [0, 0.05) is 18.2 Å². The zero-order chi connectivity index (χ0) is 17.7. The van der Waals surface area contributed by atoms with Gasteiger partial charge in [-0.1, -0.05) is 0 Å². The minimum atomic E-state index is -3.87. The van der Waals surface area contributed by atoms with Gasteiger partial charge in [0.15, 0.2) is 0 Å². The van der Waals surface area contributed by atoms with Gasteiger partial charge in [-0.25, -0.2) is 0 Å². The van der Waals surface area contributed by atoms with Crippen LogP contribution in [0.3, 0.4) is 0 Å². The maximum absolute atomic E-state index is 14.3. The van der Waals surface area contributed by atoms with Crippen molar-refractivity contribution < 1.29 is 22.7 Å². The fourth-order valence-electron chi connectivity index (χ4n) is 2.64. The van der Waals surface area contributed by atoms with Crippen molar-refractivity contribution in [3.05, 3.63) is 22.1 Å². The first kappa shape index (κ1) is 17.9. The third kappa shape index (κ3) is 3.86. The number of rotatable bonds is 4. The molecule has 4 atom stereocenters. The summed E-state index contributed by atoms with van der Waals surface area (Å²) in [6, 6.07) is 0.208. The molecule has 2 aliphatic heterocycles. The minimum absolute atomic E-state index is 0.0806. The van der Waals surface area contributed by atoms with E-state index in [2.05, 4.69) is 4.98 Å². The molecule has 1 unspecified atom stereocenters. The molecule has 0 saturated carbocycles. The highest BCUT2D eigenvalue weighted by Gasteiger charge is 2.44. The number of hydrogen-bond donors (Lipinski definition) is 0. The molecule has 3 rings (SSSR count). The zero-order valence-corrected chi connectivity index (χ0v) is 15.6. The highest BCUT2D eigenvalue weighted by molar-refractivity contribution is 8.07. The van der Waals surface area contributed by atoms with Crippen LogP contribution in [-0.2, 0) is 25.6 Å². The van der Waals surface area contributed by atoms with Crippen LogP contribution in [0.25, 0.3) is 0 Å². The molecule has 0 aromatic carbocycles. The van der Waals surface area contributed by atoms with Gasteiger partial charge in [-0.2, -0.15) is 9.18 Å². The van der Waals surface area contributed by atoms with Crippen molar-refractivity contribution in [2.24, 2.45) is 0 Å². The first-order valence-electron chi connectivity index (χ1n) is 7.61. The fourth-order valence-corrected chi connectivity index (χ4v) is 4.53. The van der Waals surface area contributed by atoms with Crippen LogP contribution in [0, 0.1) is 6.92 Å². The van der Waals surface area contributed by atoms with Gasteiger partial charge in [0.25, 0.3) is 5.56 Å². The van der Waals surface area contributed by atoms with Gasteiger partial charge in [0.1, 0.15) is 18.4 Å². The van der Waals surface area contributed by atoms with Gasteiger partial charge in [-0.3, -0.25) is 13.9 Å². The Morgan fingerprint density at radius 3 is 2.92 bits per heavy atom. The molecular formula is C14H20FN2O5PS. The lowest BCUT2D eigenvalue weighted by Crippen LogP contribution is -2.33. The van der Waals surface area contributed by atoms with E-state index < -0.39 is 18.5 Å². The standard InChI is InChI=1S/C14H20FN2O5PS/c1-8-6-17-11-5-9(21-13(17)16-12(8)18)10(20-11)7-19-23(15,24)22-14(2,3)4/h6,9-11H,5,7H2,1-4H3/t9-,10-,11-,23?/m1/s1. The number of hydrogen-bond acceptors (Lipinski definition) is 7. The molecular weight excluding hydrogens is 358 g/mol. The van der Waals surface area contributed by atoms with Crippen LogP contribution in [0.2, 0.25) is 0 Å². The van der Waals surface area contributed by atoms with Crippen molar-refractivity contribution in [1.29, 1.82) is 0 Å². The van der Waals surface area contributed by atoms with Gasteiger partial charge in [0.05, 0.1) is 12.2 Å². The van der Waals surface area contributed by atoms with E-state index in [4.69, 9.17) is 30.3 Å². The number of aromatic nitrogens is 2. The lowest BCUT2D eigenvalue weighted by atomic mass is 10.1. The molecule has 0 N–H and O–H groups in total. The number of nitrogens with zero attached hydrogens (tertiary/aromatic N) is 2. The van der Waals surface area contributed by atoms with Crippen molar-refractivity contribution >= 4 is 18.6 Å². The van der Waals surface area contributed by atoms with Gasteiger partial charge in [-0.05, 0) is 39.5 Å². The quantitative estimate of drug-likeness (QED) is 0.746. The second kappa shape index (κ2) is 6.14. The van der Waals surface area contributed by atoms with Crippen molar-refractivity contribution in [3.8, 4) is 6.01 Å². The van der Waals surface area contributed by atoms with Crippen LogP contribution in [0.15, 0.2) is 11.0 Å². The van der Waals surface area contributed by atoms with Crippen LogP contribution in [0.1, 0.15) is 39.0 Å². The summed E-state index contributed by atoms with van der Waals surface area (Å²) in [7, 11) is 0. The molecule has 1 aromatic rings. The Kier molecular flexibility index (Phi) is 4.59. The molecule has 1 fully saturated rings. The molecule has 0 radical (unpaired) electrons. The average Bonchev–Trinajstić information content (AvgIpc) is 2.75. The first-order chi connectivity index (χ1) is 11.0. The third-order valence-corrected chi connectivity index (χ3v) is 5.37. The summed E-state index contributed by atoms with van der Waals surface area (Å²) in [5.41, 5.74) is -0.569. The number of fused-ring (bicyclic) bond motifs is 4. The molecule has 2 bridgehead atoms. The normalized spacial score (nSPS) is 28.1. The zero-order valence-electron chi connectivity index (χ0n) is 13.9. The molecule has 0 spiro atoms. The molecule has 3 heterocycles. The SMILES string of the molecule is Cc1cn2c(nc1=O)O[C@@H]1C[C@H]2O[C@@H]1COP(F)(=S)OC(C)(C)C. The molecule has 1 aromatic heterocycles. The number of halogens is 1. The Morgan fingerprint density at radius 1 is 1.54 bits per heavy atom. The van der Waals surface area contributed by atoms with Crippen LogP contribution in [-0.4, -0.2) is 34.0 Å². The van der Waals surface area contributed by atoms with Crippen molar-refractivity contribution in [1.82, 2.24) is 9.55 Å². The summed E-state index contributed by atoms with van der Waals surface area (Å²) in [6.07, 6.45) is 1.03. The predicted molar refractivity (Wildman–Crippen MR) is 88.4 cm³/mol. The lowest BCUT2D eigenvalue weighted by molar-refractivity contribution is -0.0244. The molecule has 10 heteroatoms. The van der Waals surface area contributed by atoms with E-state index in [9.17, 15) is 8.99 Å². The number of aryl methyl sites for hydroxylation is 1. The van der Waals surface area contributed by atoms with Crippen LogP contribution in [0.5, 0.6) is 6.01 Å². The van der Waals surface area contributed by atoms with E-state index in [-0.39, 0.29) is 30.5 Å². The van der Waals surface area contributed by atoms with E-state index in [1.54, 1.807) is 38.5 Å². The summed E-state index contributed by atoms with van der Waals surface area (Å²) in [5.74, 6) is 0. The molecule has 0 amide bonds. The molecule has 134 valence electrons. The molecule has 2 aliphatic rings. The molecule has 24 heavy (non-hydrogen) atoms. The van der Waals surface area contributed by atoms with Gasteiger partial charge < -0.3 is 14.0 Å². The lowest BCUT2D eigenvalue weighted by Gasteiger charge is -2.26. The maximum atomic E-state index is 14.3. The molecule has 1 saturated heterocycles. The van der Waals surface area contributed by atoms with Crippen molar-refractivity contribution in [2.45, 2.75) is 58.2 Å². The summed E-state index contributed by atoms with van der Waals surface area (Å²) in [4.78, 5) is 15.5. The summed E-state index contributed by atoms with van der Waals surface area (Å²) < 4.78 is 37.9. The minimum Gasteiger partial charge on any atom is -0.458 e. The largest absolute Gasteiger partial charge is 0.458 e. The molecule has 0 aliphatic carbocycles. The van der Waals surface area contributed by atoms with Crippen LogP contribution < -0.4 is 10.3 Å². The third-order valence-electron chi connectivity index (χ3n) is 3.61. The predicted octanol–water partition coefficient (Wildman–Crippen LogP) is 2.63. The fraction of sp³-hybridized carbons (Fsp3) is 0.714. The highest BCUT2D eigenvalue weighted by atomic mass is 32.5. The van der Waals surface area contributed by atoms with Crippen molar-refractivity contribution in [2.75, 3.05) is 6.61 Å². The van der Waals surface area contributed by atoms with E-state index in [1.807, 2.05) is 0 Å². The van der Waals surface area contributed by atoms with E-state index in [0.717, 1.165) is 0 Å². The summed E-state index contributed by atoms with van der Waals surface area (Å²) in [5, 5.41) is 0. The molecule has 7 nitrogen and oxygen atoms in total. The van der Waals surface area contributed by atoms with Crippen LogP contribution >= 0.6 is 6.80 Å². The van der Waals surface area contributed by atoms with E-state index >= 15 is 0 Å². The maximum Gasteiger partial charge on any atom is 0.366 e. The summed E-state index contributed by atoms with van der Waals surface area (Å²) in [6.45, 7) is 2.85. The van der Waals surface area contributed by atoms with Crippen molar-refractivity contribution in [3.63, 3.8) is 0 Å². The Hall–Kier alpha value is -0.860. The Labute approximate surface area is 144 Å². The van der Waals surface area contributed by atoms with E-state index in [1.165, 1.54) is 0 Å². The Morgan fingerprint density at radius 2 is 2.25 bits per heavy atom. The van der Waals surface area contributed by atoms with Gasteiger partial charge in [0.2, 0.25) is 0 Å². The monoisotopic (exact) mass is 378 g/mol. The van der Waals surface area contributed by atoms with Gasteiger partial charge in [-0.15, -0.1) is 0 Å². The number of ether oxygens (including phenoxy) is 2. The topological polar surface area (TPSA) is 71.8 Å². The Balaban J connectivity index is 1.68. The average molecular weight is 378 g/mol. The Bertz CT molecular complexity index is 750. The first-order valence-corrected chi connectivity index (χ1v) is 10.1. The van der Waals surface area contributed by atoms with Crippen LogP contribution in [0.4, 0.5) is 4.20 Å². The highest BCUT2D eigenvalue weighted by Crippen LogP contribution is 2.54. The van der Waals surface area contributed by atoms with Gasteiger partial charge >= 0.3 is 12.8 Å². The smallest absolute Gasteiger partial charge is 0.366 e. The summed E-state index contributed by atoms with van der Waals surface area (Å²) >= 11 is 4.79. The second-order valence-electron chi connectivity index (χ2n) is 6.87. The van der Waals surface area contributed by atoms with E-state index in [0.29, 0.717) is 12.0 Å². The second-order valence-corrected chi connectivity index (χ2v) is 9.48.